The van der Waals surface area contributed by atoms with Gasteiger partial charge in [-0.1, -0.05) is 24.3 Å². The first-order valence-electron chi connectivity index (χ1n) is 6.54. The van der Waals surface area contributed by atoms with Crippen molar-refractivity contribution in [1.82, 2.24) is 0 Å². The lowest BCUT2D eigenvalue weighted by Gasteiger charge is -2.12. The molecular formula is C16H11NO5. The first-order valence-corrected chi connectivity index (χ1v) is 6.54. The Morgan fingerprint density at radius 1 is 1.05 bits per heavy atom. The zero-order valence-electron chi connectivity index (χ0n) is 11.6. The number of nitro groups is 1. The van der Waals surface area contributed by atoms with Gasteiger partial charge in [-0.25, -0.2) is 0 Å². The first kappa shape index (κ1) is 13.9. The number of hydrogen-bond donors (Lipinski definition) is 0. The average Bonchev–Trinajstić information content (AvgIpc) is 2.78. The fourth-order valence-corrected chi connectivity index (χ4v) is 2.68. The van der Waals surface area contributed by atoms with E-state index in [1.165, 1.54) is 25.3 Å². The second-order valence-corrected chi connectivity index (χ2v) is 4.89. The molecular weight excluding hydrogens is 286 g/mol. The van der Waals surface area contributed by atoms with E-state index in [9.17, 15) is 19.7 Å². The molecule has 0 unspecified atom stereocenters. The summed E-state index contributed by atoms with van der Waals surface area (Å²) in [5.41, 5.74) is 0.936. The largest absolute Gasteiger partial charge is 0.496 e. The number of Topliss-reactive ketones (excluding diaryl/α,β-unsaturated/α-hetero) is 2. The summed E-state index contributed by atoms with van der Waals surface area (Å²) in [5, 5.41) is 10.8. The molecule has 0 aliphatic heterocycles. The minimum Gasteiger partial charge on any atom is -0.496 e. The molecule has 2 aromatic carbocycles. The molecule has 0 fully saturated rings. The zero-order valence-corrected chi connectivity index (χ0v) is 11.6. The highest BCUT2D eigenvalue weighted by atomic mass is 16.6. The maximum absolute atomic E-state index is 12.5. The molecule has 6 nitrogen and oxygen atoms in total. The third-order valence-corrected chi connectivity index (χ3v) is 3.72. The molecule has 1 aliphatic carbocycles. The third-order valence-electron chi connectivity index (χ3n) is 3.72. The summed E-state index contributed by atoms with van der Waals surface area (Å²) in [4.78, 5) is 35.2. The molecule has 6 heteroatoms. The lowest BCUT2D eigenvalue weighted by atomic mass is 9.93. The number of nitrogens with zero attached hydrogens (tertiary/aromatic N) is 1. The molecule has 2 aromatic rings. The van der Waals surface area contributed by atoms with Crippen LogP contribution in [0.3, 0.4) is 0 Å². The van der Waals surface area contributed by atoms with Crippen molar-refractivity contribution in [1.29, 1.82) is 0 Å². The Bertz CT molecular complexity index is 777. The van der Waals surface area contributed by atoms with Crippen molar-refractivity contribution in [2.75, 3.05) is 7.11 Å². The summed E-state index contributed by atoms with van der Waals surface area (Å²) < 4.78 is 5.14. The Hall–Kier alpha value is -3.02. The average molecular weight is 297 g/mol. The topological polar surface area (TPSA) is 86.5 Å². The van der Waals surface area contributed by atoms with Gasteiger partial charge in [-0.15, -0.1) is 0 Å². The molecule has 110 valence electrons. The Morgan fingerprint density at radius 3 is 2.14 bits per heavy atom. The van der Waals surface area contributed by atoms with E-state index in [-0.39, 0.29) is 23.0 Å². The molecule has 0 amide bonds. The quantitative estimate of drug-likeness (QED) is 0.494. The monoisotopic (exact) mass is 297 g/mol. The summed E-state index contributed by atoms with van der Waals surface area (Å²) >= 11 is 0. The molecule has 1 aliphatic rings. The Morgan fingerprint density at radius 2 is 1.64 bits per heavy atom. The standard InChI is InChI=1S/C16H11NO5/c1-22-13-8-9(17(20)21)6-7-12(13)14-15(18)10-4-2-3-5-11(10)16(14)19/h2-8,14H,1H3. The van der Waals surface area contributed by atoms with Gasteiger partial charge in [0.15, 0.2) is 11.6 Å². The van der Waals surface area contributed by atoms with Crippen LogP contribution in [-0.2, 0) is 0 Å². The van der Waals surface area contributed by atoms with Gasteiger partial charge in [0.25, 0.3) is 5.69 Å². The van der Waals surface area contributed by atoms with Crippen LogP contribution in [0.4, 0.5) is 5.69 Å². The number of ketones is 2. The molecule has 0 aromatic heterocycles. The minimum atomic E-state index is -1.01. The smallest absolute Gasteiger partial charge is 0.273 e. The van der Waals surface area contributed by atoms with Crippen LogP contribution in [0.2, 0.25) is 0 Å². The molecule has 0 atom stereocenters. The predicted octanol–water partition coefficient (Wildman–Crippen LogP) is 2.77. The number of benzene rings is 2. The number of carbonyl (C=O) groups excluding carboxylic acids is 2. The highest BCUT2D eigenvalue weighted by molar-refractivity contribution is 6.29. The van der Waals surface area contributed by atoms with Crippen molar-refractivity contribution in [2.24, 2.45) is 0 Å². The van der Waals surface area contributed by atoms with Gasteiger partial charge in [0, 0.05) is 22.8 Å². The van der Waals surface area contributed by atoms with Crippen LogP contribution in [0.5, 0.6) is 5.75 Å². The van der Waals surface area contributed by atoms with Crippen molar-refractivity contribution in [3.63, 3.8) is 0 Å². The number of methoxy groups -OCH3 is 1. The highest BCUT2D eigenvalue weighted by Crippen LogP contribution is 2.39. The minimum absolute atomic E-state index is 0.156. The third kappa shape index (κ3) is 1.96. The molecule has 3 rings (SSSR count). The summed E-state index contributed by atoms with van der Waals surface area (Å²) in [6.45, 7) is 0. The van der Waals surface area contributed by atoms with Crippen LogP contribution in [0, 0.1) is 10.1 Å². The molecule has 22 heavy (non-hydrogen) atoms. The lowest BCUT2D eigenvalue weighted by Crippen LogP contribution is -2.14. The van der Waals surface area contributed by atoms with Gasteiger partial charge < -0.3 is 4.74 Å². The number of nitro benzene ring substituents is 1. The van der Waals surface area contributed by atoms with Crippen molar-refractivity contribution in [3.8, 4) is 5.75 Å². The van der Waals surface area contributed by atoms with E-state index < -0.39 is 10.8 Å². The molecule has 0 heterocycles. The van der Waals surface area contributed by atoms with Crippen molar-refractivity contribution in [3.05, 3.63) is 69.3 Å². The van der Waals surface area contributed by atoms with Crippen LogP contribution >= 0.6 is 0 Å². The molecule has 0 spiro atoms. The van der Waals surface area contributed by atoms with E-state index in [4.69, 9.17) is 4.74 Å². The maximum Gasteiger partial charge on any atom is 0.273 e. The number of non-ortho nitro benzene ring substituents is 1. The fourth-order valence-electron chi connectivity index (χ4n) is 2.68. The van der Waals surface area contributed by atoms with Gasteiger partial charge in [0.05, 0.1) is 18.1 Å². The van der Waals surface area contributed by atoms with Crippen molar-refractivity contribution >= 4 is 17.3 Å². The summed E-state index contributed by atoms with van der Waals surface area (Å²) in [7, 11) is 1.35. The second-order valence-electron chi connectivity index (χ2n) is 4.89. The zero-order chi connectivity index (χ0) is 15.9. The van der Waals surface area contributed by atoms with Gasteiger partial charge in [0.2, 0.25) is 0 Å². The van der Waals surface area contributed by atoms with Gasteiger partial charge in [0.1, 0.15) is 11.7 Å². The lowest BCUT2D eigenvalue weighted by molar-refractivity contribution is -0.384. The van der Waals surface area contributed by atoms with Crippen LogP contribution in [0.25, 0.3) is 0 Å². The summed E-state index contributed by atoms with van der Waals surface area (Å²) in [6.07, 6.45) is 0. The molecule has 0 saturated carbocycles. The molecule has 0 radical (unpaired) electrons. The molecule has 0 N–H and O–H groups in total. The van der Waals surface area contributed by atoms with E-state index >= 15 is 0 Å². The Labute approximate surface area is 125 Å². The van der Waals surface area contributed by atoms with Gasteiger partial charge in [-0.3, -0.25) is 19.7 Å². The number of carbonyl (C=O) groups is 2. The van der Waals surface area contributed by atoms with Crippen LogP contribution < -0.4 is 4.74 Å². The van der Waals surface area contributed by atoms with E-state index in [1.807, 2.05) is 0 Å². The van der Waals surface area contributed by atoms with Gasteiger partial charge >= 0.3 is 0 Å². The van der Waals surface area contributed by atoms with Gasteiger partial charge in [-0.2, -0.15) is 0 Å². The highest BCUT2D eigenvalue weighted by Gasteiger charge is 2.41. The normalized spacial score (nSPS) is 14.0. The summed E-state index contributed by atoms with van der Waals surface area (Å²) in [5.74, 6) is -1.47. The predicted molar refractivity (Wildman–Crippen MR) is 77.5 cm³/mol. The number of rotatable bonds is 3. The van der Waals surface area contributed by atoms with E-state index in [0.717, 1.165) is 0 Å². The van der Waals surface area contributed by atoms with Crippen molar-refractivity contribution < 1.29 is 19.2 Å². The van der Waals surface area contributed by atoms with Gasteiger partial charge in [-0.05, 0) is 6.07 Å². The van der Waals surface area contributed by atoms with Crippen LogP contribution in [-0.4, -0.2) is 23.6 Å². The number of fused-ring (bicyclic) bond motifs is 1. The van der Waals surface area contributed by atoms with E-state index in [1.54, 1.807) is 24.3 Å². The fraction of sp³-hybridized carbons (Fsp3) is 0.125. The number of ether oxygens (including phenoxy) is 1. The number of hydrogen-bond acceptors (Lipinski definition) is 5. The van der Waals surface area contributed by atoms with E-state index in [0.29, 0.717) is 16.7 Å². The maximum atomic E-state index is 12.5. The van der Waals surface area contributed by atoms with Crippen LogP contribution in [0.15, 0.2) is 42.5 Å². The molecule has 0 saturated heterocycles. The Balaban J connectivity index is 2.11. The first-order chi connectivity index (χ1) is 10.5. The molecule has 0 bridgehead atoms. The van der Waals surface area contributed by atoms with E-state index in [2.05, 4.69) is 0 Å². The van der Waals surface area contributed by atoms with Crippen molar-refractivity contribution in [2.45, 2.75) is 5.92 Å². The SMILES string of the molecule is COc1cc([N+](=O)[O-])ccc1C1C(=O)c2ccccc2C1=O. The second kappa shape index (κ2) is 5.07. The Kier molecular flexibility index (Phi) is 3.21. The van der Waals surface area contributed by atoms with Crippen LogP contribution in [0.1, 0.15) is 32.2 Å². The summed E-state index contributed by atoms with van der Waals surface area (Å²) in [6, 6.07) is 10.5.